The molecule has 2 aromatic rings. The van der Waals surface area contributed by atoms with Gasteiger partial charge in [0, 0.05) is 68.4 Å². The molecule has 660 valence electrons. The van der Waals surface area contributed by atoms with Gasteiger partial charge in [-0.15, -0.1) is 0 Å². The van der Waals surface area contributed by atoms with E-state index >= 15 is 9.59 Å². The number of nitrogens with zero attached hydrogens (tertiary/aromatic N) is 1. The number of phenolic OH excluding ortho intramolecular Hbond substituents is 1. The largest absolute Gasteiger partial charge is 0.508 e. The van der Waals surface area contributed by atoms with E-state index in [9.17, 15) is 67.4 Å². The highest BCUT2D eigenvalue weighted by atomic mass is 32.2. The fourth-order valence-corrected chi connectivity index (χ4v) is 14.3. The standard InChI is InChI=1S/C75H119N17O24S2/c1-109-25-26-111-29-30-113-33-34-115-37-38-116-36-35-114-32-31-112-28-27-110-24-22-81-64(97)14-7-11-52-46-117-47-58(85-67(100)45-83-66(99)44-82-65(98)42-77)73(106)89-56(40-50-15-17-51(93)18-16-50)71(104)88-55(39-49-9-3-2-4-10-49)70(103)86-54(19-20-61(78)94)69(102)90-57(41-62(79)95)72(105)91-59(48-118-52)75(108)92-23-8-13-60(92)74(107)87-53(12-5-6-21-76)68(101)84-43-63(80)96/h2-4,9-10,15-18,52-60,93H,5-8,11-14,19-48,76-77H2,1H3,(H2,78,94)(H2,79,95)(H2,80,96)(H,81,97)(H,82,98)(H,83,99)(H,84,101)(H,85,100)(H,86,103)(H,87,107)(H,88,104)(H,89,106)(H,90,102)(H,91,105)/t52?,53-,54-,55-,56-,57-,58-,59-,60-/m0/s1. The van der Waals surface area contributed by atoms with E-state index in [1.54, 1.807) is 37.4 Å². The molecule has 41 nitrogen and oxygen atoms in total. The van der Waals surface area contributed by atoms with E-state index in [0.29, 0.717) is 103 Å². The van der Waals surface area contributed by atoms with Crippen molar-refractivity contribution < 1.29 is 115 Å². The van der Waals surface area contributed by atoms with Crippen LogP contribution in [0.5, 0.6) is 5.75 Å². The molecular weight excluding hydrogens is 1590 g/mol. The number of phenols is 1. The van der Waals surface area contributed by atoms with Crippen LogP contribution in [0.4, 0.5) is 0 Å². The lowest BCUT2D eigenvalue weighted by Crippen LogP contribution is -2.61. The summed E-state index contributed by atoms with van der Waals surface area (Å²) in [5, 5.41) is 37.7. The monoisotopic (exact) mass is 1710 g/mol. The molecule has 0 spiro atoms. The molecule has 43 heteroatoms. The number of hydrogen-bond acceptors (Lipinski definition) is 28. The van der Waals surface area contributed by atoms with Gasteiger partial charge in [-0.05, 0) is 81.2 Å². The second-order valence-electron chi connectivity index (χ2n) is 27.2. The number of amides is 15. The van der Waals surface area contributed by atoms with E-state index in [1.807, 2.05) is 0 Å². The fraction of sp³-hybridized carbons (Fsp3) is 0.640. The molecule has 0 saturated carbocycles. The zero-order valence-corrected chi connectivity index (χ0v) is 68.4. The van der Waals surface area contributed by atoms with Crippen molar-refractivity contribution in [3.63, 3.8) is 0 Å². The molecule has 15 amide bonds. The summed E-state index contributed by atoms with van der Waals surface area (Å²) in [7, 11) is 1.60. The van der Waals surface area contributed by atoms with Crippen LogP contribution in [0.25, 0.3) is 0 Å². The number of benzene rings is 2. The Bertz CT molecular complexity index is 3460. The number of likely N-dealkylation sites (tertiary alicyclic amines) is 1. The number of thioether (sulfide) groups is 2. The first kappa shape index (κ1) is 101. The molecule has 22 N–H and O–H groups in total. The Morgan fingerprint density at radius 1 is 0.525 bits per heavy atom. The number of unbranched alkanes of at least 4 members (excludes halogenated alkanes) is 1. The lowest BCUT2D eigenvalue weighted by Gasteiger charge is -2.31. The van der Waals surface area contributed by atoms with E-state index in [1.165, 1.54) is 29.2 Å². The van der Waals surface area contributed by atoms with Crippen LogP contribution in [-0.4, -0.2) is 321 Å². The Kier molecular flexibility index (Phi) is 51.4. The maximum absolute atomic E-state index is 15.4. The third kappa shape index (κ3) is 43.9. The number of carbonyl (C=O) groups is 15. The maximum atomic E-state index is 15.4. The third-order valence-corrected chi connectivity index (χ3v) is 20.5. The van der Waals surface area contributed by atoms with Crippen LogP contribution in [-0.2, 0) is 123 Å². The van der Waals surface area contributed by atoms with Gasteiger partial charge in [0.25, 0.3) is 0 Å². The molecule has 2 aliphatic heterocycles. The Balaban J connectivity index is 1.69. The minimum absolute atomic E-state index is 0.0368. The number of primary amides is 3. The normalized spacial score (nSPS) is 19.4. The lowest BCUT2D eigenvalue weighted by molar-refractivity contribution is -0.142. The summed E-state index contributed by atoms with van der Waals surface area (Å²) in [6.45, 7) is 3.49. The van der Waals surface area contributed by atoms with Crippen molar-refractivity contribution in [1.82, 2.24) is 63.4 Å². The molecule has 0 aromatic heterocycles. The molecule has 0 bridgehead atoms. The summed E-state index contributed by atoms with van der Waals surface area (Å²) in [4.78, 5) is 208. The number of aromatic hydroxyl groups is 1. The van der Waals surface area contributed by atoms with Crippen molar-refractivity contribution in [2.24, 2.45) is 28.7 Å². The number of methoxy groups -OCH3 is 1. The summed E-state index contributed by atoms with van der Waals surface area (Å²) in [6, 6.07) is 1.16. The third-order valence-electron chi connectivity index (χ3n) is 17.7. The van der Waals surface area contributed by atoms with Gasteiger partial charge in [-0.3, -0.25) is 71.9 Å². The molecule has 1 unspecified atom stereocenters. The van der Waals surface area contributed by atoms with Gasteiger partial charge in [-0.2, -0.15) is 23.5 Å². The second-order valence-corrected chi connectivity index (χ2v) is 29.6. The predicted molar refractivity (Wildman–Crippen MR) is 431 cm³/mol. The number of rotatable bonds is 53. The minimum Gasteiger partial charge on any atom is -0.508 e. The lowest BCUT2D eigenvalue weighted by atomic mass is 10.0. The zero-order chi connectivity index (χ0) is 86.2. The molecule has 118 heavy (non-hydrogen) atoms. The van der Waals surface area contributed by atoms with E-state index < -0.39 is 182 Å². The summed E-state index contributed by atoms with van der Waals surface area (Å²) < 4.78 is 43.5. The highest BCUT2D eigenvalue weighted by Crippen LogP contribution is 2.27. The van der Waals surface area contributed by atoms with Gasteiger partial charge in [0.2, 0.25) is 88.6 Å². The molecule has 2 heterocycles. The Hall–Kier alpha value is -9.41. The molecular formula is C75H119N17O24S2. The van der Waals surface area contributed by atoms with Crippen molar-refractivity contribution in [3.05, 3.63) is 65.7 Å². The first-order valence-electron chi connectivity index (χ1n) is 39.1. The van der Waals surface area contributed by atoms with Crippen LogP contribution in [0, 0.1) is 0 Å². The summed E-state index contributed by atoms with van der Waals surface area (Å²) in [5.74, 6) is -14.2. The highest BCUT2D eigenvalue weighted by molar-refractivity contribution is 8.03. The zero-order valence-electron chi connectivity index (χ0n) is 66.7. The Morgan fingerprint density at radius 2 is 1.06 bits per heavy atom. The molecule has 0 radical (unpaired) electrons. The van der Waals surface area contributed by atoms with Crippen molar-refractivity contribution in [1.29, 1.82) is 0 Å². The van der Waals surface area contributed by atoms with E-state index in [0.717, 1.165) is 23.5 Å². The molecule has 2 saturated heterocycles. The van der Waals surface area contributed by atoms with Crippen LogP contribution in [0.1, 0.15) is 81.8 Å². The Labute approximate surface area is 693 Å². The number of carbonyl (C=O) groups excluding carboxylic acids is 15. The number of ether oxygens (including phenoxy) is 8. The van der Waals surface area contributed by atoms with Crippen LogP contribution in [0.3, 0.4) is 0 Å². The summed E-state index contributed by atoms with van der Waals surface area (Å²) >= 11 is 2.17. The van der Waals surface area contributed by atoms with E-state index in [4.69, 9.17) is 66.6 Å². The van der Waals surface area contributed by atoms with Gasteiger partial charge in [-0.1, -0.05) is 42.5 Å². The van der Waals surface area contributed by atoms with Gasteiger partial charge >= 0.3 is 0 Å². The van der Waals surface area contributed by atoms with E-state index in [2.05, 4.69) is 58.5 Å². The second kappa shape index (κ2) is 60.1. The smallest absolute Gasteiger partial charge is 0.246 e. The van der Waals surface area contributed by atoms with Gasteiger partial charge in [0.05, 0.1) is 132 Å². The molecule has 2 aromatic carbocycles. The van der Waals surface area contributed by atoms with Crippen molar-refractivity contribution in [2.45, 2.75) is 137 Å². The van der Waals surface area contributed by atoms with Crippen LogP contribution < -0.4 is 87.2 Å². The quantitative estimate of drug-likeness (QED) is 0.0274. The average Bonchev–Trinajstić information content (AvgIpc) is 1.60. The van der Waals surface area contributed by atoms with Crippen LogP contribution >= 0.6 is 23.5 Å². The van der Waals surface area contributed by atoms with Gasteiger partial charge in [0.15, 0.2) is 0 Å². The Morgan fingerprint density at radius 3 is 1.63 bits per heavy atom. The van der Waals surface area contributed by atoms with Gasteiger partial charge in [-0.25, -0.2) is 0 Å². The van der Waals surface area contributed by atoms with Crippen molar-refractivity contribution in [2.75, 3.05) is 169 Å². The van der Waals surface area contributed by atoms with Crippen LogP contribution in [0.2, 0.25) is 0 Å². The van der Waals surface area contributed by atoms with E-state index in [-0.39, 0.29) is 120 Å². The topological polar surface area (TPSA) is 616 Å². The average molecular weight is 1710 g/mol. The first-order chi connectivity index (χ1) is 56.8. The molecule has 9 atom stereocenters. The number of nitrogens with two attached hydrogens (primary N) is 5. The fourth-order valence-electron chi connectivity index (χ4n) is 11.6. The minimum atomic E-state index is -1.92. The SMILES string of the molecule is COCCOCCOCCOCCOCCOCCOCCOCCNC(=O)CCCC1CSC[C@H](NC(=O)CNC(=O)CNC(=O)CN)C(=O)N[C@@H](Cc2ccc(O)cc2)C(=O)N[C@@H](Cc2ccccc2)C(=O)N[C@@H](CCC(N)=O)C(=O)N[C@@H](CC(N)=O)C(=O)N[C@H](C(=O)N2CCC[C@H]2C(=O)N[C@@H](CCCCN)C(=O)NCC(N)=O)CS1. The molecule has 2 aliphatic rings. The molecule has 0 aliphatic carbocycles. The number of hydrogen-bond donors (Lipinski definition) is 17. The first-order valence-corrected chi connectivity index (χ1v) is 41.3. The van der Waals surface area contributed by atoms with Crippen molar-refractivity contribution >= 4 is 112 Å². The summed E-state index contributed by atoms with van der Waals surface area (Å²) in [6.07, 6.45) is -1.13. The van der Waals surface area contributed by atoms with Gasteiger partial charge in [0.1, 0.15) is 54.1 Å². The highest BCUT2D eigenvalue weighted by Gasteiger charge is 2.41. The van der Waals surface area contributed by atoms with Crippen molar-refractivity contribution in [3.8, 4) is 5.75 Å². The molecule has 4 rings (SSSR count). The summed E-state index contributed by atoms with van der Waals surface area (Å²) in [5.41, 5.74) is 28.6. The maximum Gasteiger partial charge on any atom is 0.246 e. The predicted octanol–water partition coefficient (Wildman–Crippen LogP) is -6.48. The van der Waals surface area contributed by atoms with Gasteiger partial charge < -0.3 is 135 Å². The molecule has 2 fully saturated rings. The number of nitrogens with one attached hydrogen (secondary N) is 11. The van der Waals surface area contributed by atoms with Crippen LogP contribution in [0.15, 0.2) is 54.6 Å².